The minimum absolute atomic E-state index is 0.0357. The Morgan fingerprint density at radius 2 is 1.57 bits per heavy atom. The summed E-state index contributed by atoms with van der Waals surface area (Å²) < 4.78 is 2.35. The molecule has 1 aliphatic rings. The molecule has 5 aromatic rings. The number of hydrogen-bond acceptors (Lipinski definition) is 1. The molecule has 0 aliphatic carbocycles. The van der Waals surface area contributed by atoms with E-state index in [-0.39, 0.29) is 5.41 Å². The highest BCUT2D eigenvalue weighted by atomic mass is 32.2. The summed E-state index contributed by atoms with van der Waals surface area (Å²) in [5, 5.41) is 8.33. The summed E-state index contributed by atoms with van der Waals surface area (Å²) in [6.07, 6.45) is 3.37. The third-order valence-corrected chi connectivity index (χ3v) is 8.74. The Morgan fingerprint density at radius 1 is 0.857 bits per heavy atom. The summed E-state index contributed by atoms with van der Waals surface area (Å²) in [5.41, 5.74) is 7.12. The van der Waals surface area contributed by atoms with Gasteiger partial charge >= 0.3 is 0 Å². The van der Waals surface area contributed by atoms with Gasteiger partial charge in [-0.3, -0.25) is 0 Å². The van der Waals surface area contributed by atoms with Gasteiger partial charge in [0.15, 0.2) is 6.20 Å². The number of fused-ring (bicyclic) bond motifs is 5. The number of aryl methyl sites for hydroxylation is 2. The summed E-state index contributed by atoms with van der Waals surface area (Å²) in [6, 6.07) is 20.7. The van der Waals surface area contributed by atoms with Gasteiger partial charge in [0.05, 0.1) is 10.9 Å². The van der Waals surface area contributed by atoms with E-state index in [0.29, 0.717) is 5.92 Å². The topological polar surface area (TPSA) is 3.88 Å². The van der Waals surface area contributed by atoms with Gasteiger partial charge in [0, 0.05) is 21.2 Å². The summed E-state index contributed by atoms with van der Waals surface area (Å²) in [7, 11) is 2.21. The molecule has 6 rings (SSSR count). The molecule has 0 N–H and O–H groups in total. The first-order valence-corrected chi connectivity index (χ1v) is 13.6. The maximum atomic E-state index is 2.49. The monoisotopic (exact) mass is 476 g/mol. The van der Waals surface area contributed by atoms with E-state index >= 15 is 0 Å². The molecule has 0 bridgehead atoms. The Bertz CT molecular complexity index is 1670. The van der Waals surface area contributed by atoms with E-state index in [1.807, 2.05) is 11.8 Å². The van der Waals surface area contributed by atoms with Crippen molar-refractivity contribution in [3.05, 3.63) is 77.5 Å². The molecule has 0 saturated carbocycles. The number of rotatable bonds is 2. The quantitative estimate of drug-likeness (QED) is 0.178. The van der Waals surface area contributed by atoms with Crippen LogP contribution in [0.1, 0.15) is 51.3 Å². The summed E-state index contributed by atoms with van der Waals surface area (Å²) in [4.78, 5) is 2.83. The smallest absolute Gasteiger partial charge is 0.200 e. The highest BCUT2D eigenvalue weighted by Gasteiger charge is 2.35. The molecule has 1 nitrogen and oxygen atoms in total. The van der Waals surface area contributed by atoms with Crippen LogP contribution < -0.4 is 4.57 Å². The first-order chi connectivity index (χ1) is 16.7. The van der Waals surface area contributed by atoms with Crippen molar-refractivity contribution < 1.29 is 4.57 Å². The molecule has 0 saturated heterocycles. The van der Waals surface area contributed by atoms with E-state index in [2.05, 4.69) is 114 Å². The van der Waals surface area contributed by atoms with Gasteiger partial charge in [-0.25, -0.2) is 4.57 Å². The number of benzene rings is 4. The molecular formula is C33H34NS+. The SMILES string of the molecule is Cc1c2c(c(C(C)(C)C)c3ccccc13)Sc1cc3c(CC(C)C)cccc3c3cc[n+](C)c-2c13. The molecule has 1 aliphatic heterocycles. The molecule has 4 aromatic carbocycles. The van der Waals surface area contributed by atoms with Crippen molar-refractivity contribution in [1.82, 2.24) is 0 Å². The lowest BCUT2D eigenvalue weighted by Gasteiger charge is -2.30. The predicted octanol–water partition coefficient (Wildman–Crippen LogP) is 8.91. The van der Waals surface area contributed by atoms with E-state index < -0.39 is 0 Å². The van der Waals surface area contributed by atoms with Crippen molar-refractivity contribution in [2.75, 3.05) is 0 Å². The van der Waals surface area contributed by atoms with Gasteiger partial charge in [-0.2, -0.15) is 0 Å². The predicted molar refractivity (Wildman–Crippen MR) is 152 cm³/mol. The molecule has 0 spiro atoms. The zero-order valence-electron chi connectivity index (χ0n) is 21.9. The molecular weight excluding hydrogens is 442 g/mol. The average molecular weight is 477 g/mol. The number of hydrogen-bond donors (Lipinski definition) is 0. The zero-order valence-corrected chi connectivity index (χ0v) is 22.7. The largest absolute Gasteiger partial charge is 0.222 e. The molecule has 176 valence electrons. The van der Waals surface area contributed by atoms with Crippen LogP contribution in [0.15, 0.2) is 70.6 Å². The first kappa shape index (κ1) is 22.6. The van der Waals surface area contributed by atoms with Crippen LogP contribution in [0.5, 0.6) is 0 Å². The standard InChI is InChI=1S/C33H34NS/c1-19(2)17-21-11-10-14-23-24-15-16-34(7)31-28-20(3)22-12-8-9-13-25(22)30(33(4,5)6)32(28)35-27(29(24)31)18-26(21)23/h8-16,18-19H,17H2,1-7H3/q+1. The van der Waals surface area contributed by atoms with Crippen LogP contribution in [-0.4, -0.2) is 0 Å². The molecule has 35 heavy (non-hydrogen) atoms. The second-order valence-electron chi connectivity index (χ2n) is 11.7. The van der Waals surface area contributed by atoms with Crippen LogP contribution in [0.4, 0.5) is 0 Å². The molecule has 0 fully saturated rings. The molecule has 2 heterocycles. The maximum Gasteiger partial charge on any atom is 0.222 e. The maximum absolute atomic E-state index is 2.49. The van der Waals surface area contributed by atoms with Gasteiger partial charge in [-0.15, -0.1) is 0 Å². The fraction of sp³-hybridized carbons (Fsp3) is 0.303. The highest BCUT2D eigenvalue weighted by Crippen LogP contribution is 2.54. The Labute approximate surface area is 213 Å². The highest BCUT2D eigenvalue weighted by molar-refractivity contribution is 8.00. The third-order valence-electron chi connectivity index (χ3n) is 7.59. The Hall–Kier alpha value is -2.84. The van der Waals surface area contributed by atoms with Gasteiger partial charge < -0.3 is 0 Å². The van der Waals surface area contributed by atoms with Crippen molar-refractivity contribution in [3.63, 3.8) is 0 Å². The lowest BCUT2D eigenvalue weighted by atomic mass is 9.80. The summed E-state index contributed by atoms with van der Waals surface area (Å²) >= 11 is 2.00. The van der Waals surface area contributed by atoms with E-state index in [9.17, 15) is 0 Å². The molecule has 0 radical (unpaired) electrons. The molecule has 0 unspecified atom stereocenters. The fourth-order valence-corrected chi connectivity index (χ4v) is 7.74. The van der Waals surface area contributed by atoms with E-state index in [4.69, 9.17) is 0 Å². The summed E-state index contributed by atoms with van der Waals surface area (Å²) in [6.45, 7) is 14.0. The Balaban J connectivity index is 1.81. The Morgan fingerprint density at radius 3 is 2.29 bits per heavy atom. The third kappa shape index (κ3) is 3.33. The van der Waals surface area contributed by atoms with Crippen LogP contribution >= 0.6 is 11.8 Å². The van der Waals surface area contributed by atoms with Gasteiger partial charge in [0.25, 0.3) is 0 Å². The van der Waals surface area contributed by atoms with Crippen molar-refractivity contribution >= 4 is 44.1 Å². The van der Waals surface area contributed by atoms with Crippen LogP contribution in [0.3, 0.4) is 0 Å². The zero-order chi connectivity index (χ0) is 24.6. The number of pyridine rings is 1. The molecule has 0 atom stereocenters. The molecule has 2 heteroatoms. The minimum Gasteiger partial charge on any atom is -0.200 e. The van der Waals surface area contributed by atoms with E-state index in [1.165, 1.54) is 70.1 Å². The molecule has 0 amide bonds. The minimum atomic E-state index is 0.0357. The average Bonchev–Trinajstić information content (AvgIpc) is 2.80. The number of nitrogens with zero attached hydrogens (tertiary/aromatic N) is 1. The van der Waals surface area contributed by atoms with Crippen molar-refractivity contribution in [3.8, 4) is 11.3 Å². The lowest BCUT2D eigenvalue weighted by Crippen LogP contribution is -2.32. The normalized spacial score (nSPS) is 13.3. The van der Waals surface area contributed by atoms with Crippen LogP contribution in [0.25, 0.3) is 43.6 Å². The van der Waals surface area contributed by atoms with Gasteiger partial charge in [0.1, 0.15) is 7.05 Å². The summed E-state index contributed by atoms with van der Waals surface area (Å²) in [5.74, 6) is 0.631. The van der Waals surface area contributed by atoms with Crippen LogP contribution in [0, 0.1) is 12.8 Å². The van der Waals surface area contributed by atoms with E-state index in [0.717, 1.165) is 6.42 Å². The fourth-order valence-electron chi connectivity index (χ4n) is 6.17. The lowest BCUT2D eigenvalue weighted by molar-refractivity contribution is -0.659. The van der Waals surface area contributed by atoms with E-state index in [1.54, 1.807) is 0 Å². The first-order valence-electron chi connectivity index (χ1n) is 12.8. The van der Waals surface area contributed by atoms with Crippen LogP contribution in [0.2, 0.25) is 0 Å². The Kier molecular flexibility index (Phi) is 5.06. The second kappa shape index (κ2) is 7.83. The second-order valence-corrected chi connectivity index (χ2v) is 12.7. The molecule has 1 aromatic heterocycles. The van der Waals surface area contributed by atoms with Gasteiger partial charge in [0.2, 0.25) is 5.69 Å². The van der Waals surface area contributed by atoms with Gasteiger partial charge in [-0.1, -0.05) is 88.8 Å². The van der Waals surface area contributed by atoms with Crippen molar-refractivity contribution in [1.29, 1.82) is 0 Å². The van der Waals surface area contributed by atoms with Gasteiger partial charge in [-0.05, 0) is 69.0 Å². The van der Waals surface area contributed by atoms with Crippen LogP contribution in [-0.2, 0) is 18.9 Å². The van der Waals surface area contributed by atoms with Crippen molar-refractivity contribution in [2.45, 2.75) is 63.2 Å². The van der Waals surface area contributed by atoms with Crippen molar-refractivity contribution in [2.24, 2.45) is 13.0 Å². The number of aromatic nitrogens is 1.